The molecule has 3 heteroatoms. The third-order valence-electron chi connectivity index (χ3n) is 2.48. The van der Waals surface area contributed by atoms with E-state index in [1.54, 1.807) is 36.0 Å². The van der Waals surface area contributed by atoms with Crippen LogP contribution >= 0.6 is 25.3 Å². The number of phenolic OH excluding ortho intramolecular Hbond substituents is 1. The highest BCUT2D eigenvalue weighted by Crippen LogP contribution is 2.26. The van der Waals surface area contributed by atoms with Crippen LogP contribution in [0, 0.1) is 0 Å². The molecule has 108 valence electrons. The zero-order valence-corrected chi connectivity index (χ0v) is 13.3. The van der Waals surface area contributed by atoms with Gasteiger partial charge in [0.25, 0.3) is 0 Å². The Morgan fingerprint density at radius 2 is 0.857 bits per heavy atom. The van der Waals surface area contributed by atoms with Crippen molar-refractivity contribution in [1.82, 2.24) is 0 Å². The molecule has 0 saturated heterocycles. The van der Waals surface area contributed by atoms with Crippen LogP contribution in [-0.4, -0.2) is 5.11 Å². The summed E-state index contributed by atoms with van der Waals surface area (Å²) in [5.74, 6) is 0.322. The van der Waals surface area contributed by atoms with Crippen molar-refractivity contribution in [3.8, 4) is 5.75 Å². The van der Waals surface area contributed by atoms with Gasteiger partial charge in [-0.05, 0) is 36.4 Å². The van der Waals surface area contributed by atoms with Gasteiger partial charge in [0, 0.05) is 9.79 Å². The molecule has 0 fully saturated rings. The maximum atomic E-state index is 8.63. The third-order valence-corrected chi connectivity index (χ3v) is 3.49. The maximum Gasteiger partial charge on any atom is 0.115 e. The summed E-state index contributed by atoms with van der Waals surface area (Å²) in [5, 5.41) is 8.63. The number of aromatic hydroxyl groups is 1. The lowest BCUT2D eigenvalue weighted by Crippen LogP contribution is -1.70. The van der Waals surface area contributed by atoms with Gasteiger partial charge in [-0.1, -0.05) is 66.4 Å². The lowest BCUT2D eigenvalue weighted by atomic mass is 10.3. The number of rotatable bonds is 2. The van der Waals surface area contributed by atoms with Crippen molar-refractivity contribution in [3.63, 3.8) is 0 Å². The summed E-state index contributed by atoms with van der Waals surface area (Å²) < 4.78 is 0. The fourth-order valence-electron chi connectivity index (χ4n) is 1.54. The lowest BCUT2D eigenvalue weighted by molar-refractivity contribution is 0.475. The van der Waals surface area contributed by atoms with Crippen LogP contribution in [0.15, 0.2) is 101 Å². The first-order valence-corrected chi connectivity index (χ1v) is 7.18. The second-order valence-corrected chi connectivity index (χ2v) is 5.21. The monoisotopic (exact) mass is 314 g/mol. The van der Waals surface area contributed by atoms with E-state index in [0.29, 0.717) is 5.75 Å². The number of hydrogen-bond acceptors (Lipinski definition) is 2. The van der Waals surface area contributed by atoms with Gasteiger partial charge in [-0.15, -0.1) is 0 Å². The highest BCUT2D eigenvalue weighted by atomic mass is 32.2. The molecule has 0 unspecified atom stereocenters. The molecular weight excluding hydrogens is 296 g/mol. The summed E-state index contributed by atoms with van der Waals surface area (Å²) >= 11 is 1.79. The summed E-state index contributed by atoms with van der Waals surface area (Å²) in [6.07, 6.45) is 0. The minimum Gasteiger partial charge on any atom is -0.508 e. The summed E-state index contributed by atoms with van der Waals surface area (Å²) in [6, 6.07) is 29.5. The predicted octanol–water partition coefficient (Wildman–Crippen LogP) is 5.34. The van der Waals surface area contributed by atoms with Gasteiger partial charge in [0.15, 0.2) is 0 Å². The Labute approximate surface area is 137 Å². The molecule has 0 saturated carbocycles. The molecule has 3 aromatic carbocycles. The van der Waals surface area contributed by atoms with Crippen LogP contribution in [0.5, 0.6) is 5.75 Å². The van der Waals surface area contributed by atoms with Gasteiger partial charge in [-0.3, -0.25) is 0 Å². The minimum atomic E-state index is 0. The van der Waals surface area contributed by atoms with Gasteiger partial charge in [0.1, 0.15) is 5.75 Å². The average Bonchev–Trinajstić information content (AvgIpc) is 2.51. The average molecular weight is 314 g/mol. The lowest BCUT2D eigenvalue weighted by Gasteiger charge is -1.99. The van der Waals surface area contributed by atoms with Gasteiger partial charge in [-0.2, -0.15) is 13.5 Å². The van der Waals surface area contributed by atoms with Crippen LogP contribution in [0.3, 0.4) is 0 Å². The molecule has 0 atom stereocenters. The zero-order chi connectivity index (χ0) is 14.0. The van der Waals surface area contributed by atoms with Crippen LogP contribution in [0.2, 0.25) is 0 Å². The second-order valence-electron chi connectivity index (χ2n) is 4.06. The van der Waals surface area contributed by atoms with Crippen molar-refractivity contribution < 1.29 is 5.11 Å². The van der Waals surface area contributed by atoms with Gasteiger partial charge < -0.3 is 5.11 Å². The normalized spacial score (nSPS) is 8.95. The van der Waals surface area contributed by atoms with E-state index >= 15 is 0 Å². The number of para-hydroxylation sites is 1. The van der Waals surface area contributed by atoms with E-state index in [4.69, 9.17) is 5.11 Å². The SMILES string of the molecule is Oc1ccccc1.S.c1ccc(Sc2ccccc2)cc1. The molecule has 0 aromatic heterocycles. The molecule has 0 spiro atoms. The van der Waals surface area contributed by atoms with Crippen molar-refractivity contribution in [3.05, 3.63) is 91.0 Å². The summed E-state index contributed by atoms with van der Waals surface area (Å²) in [4.78, 5) is 2.57. The van der Waals surface area contributed by atoms with E-state index in [0.717, 1.165) is 0 Å². The van der Waals surface area contributed by atoms with Crippen molar-refractivity contribution in [2.45, 2.75) is 9.79 Å². The molecule has 21 heavy (non-hydrogen) atoms. The third kappa shape index (κ3) is 6.93. The molecular formula is C18H18OS2. The zero-order valence-electron chi connectivity index (χ0n) is 11.5. The van der Waals surface area contributed by atoms with Crippen molar-refractivity contribution in [2.24, 2.45) is 0 Å². The van der Waals surface area contributed by atoms with Crippen LogP contribution in [0.4, 0.5) is 0 Å². The topological polar surface area (TPSA) is 20.2 Å². The molecule has 3 aromatic rings. The van der Waals surface area contributed by atoms with Gasteiger partial charge in [0.05, 0.1) is 0 Å². The predicted molar refractivity (Wildman–Crippen MR) is 95.5 cm³/mol. The van der Waals surface area contributed by atoms with E-state index in [9.17, 15) is 0 Å². The molecule has 0 bridgehead atoms. The van der Waals surface area contributed by atoms with Gasteiger partial charge >= 0.3 is 0 Å². The quantitative estimate of drug-likeness (QED) is 0.688. The van der Waals surface area contributed by atoms with Crippen LogP contribution < -0.4 is 0 Å². The van der Waals surface area contributed by atoms with Crippen LogP contribution in [0.25, 0.3) is 0 Å². The molecule has 0 heterocycles. The van der Waals surface area contributed by atoms with Crippen LogP contribution in [-0.2, 0) is 0 Å². The Morgan fingerprint density at radius 1 is 0.524 bits per heavy atom. The standard InChI is InChI=1S/C12H10S.C6H6O.H2S/c1-3-7-11(8-4-1)13-12-9-5-2-6-10-12;7-6-4-2-1-3-5-6;/h1-10H;1-5,7H;1H2. The second kappa shape index (κ2) is 9.97. The van der Waals surface area contributed by atoms with Crippen molar-refractivity contribution in [1.29, 1.82) is 0 Å². The number of hydrogen-bond donors (Lipinski definition) is 1. The van der Waals surface area contributed by atoms with E-state index < -0.39 is 0 Å². The highest BCUT2D eigenvalue weighted by molar-refractivity contribution is 7.99. The van der Waals surface area contributed by atoms with E-state index in [-0.39, 0.29) is 13.5 Å². The molecule has 0 aliphatic carbocycles. The maximum absolute atomic E-state index is 8.63. The Balaban J connectivity index is 0.000000236. The van der Waals surface area contributed by atoms with E-state index in [1.807, 2.05) is 18.2 Å². The van der Waals surface area contributed by atoms with Gasteiger partial charge in [0.2, 0.25) is 0 Å². The van der Waals surface area contributed by atoms with Gasteiger partial charge in [-0.25, -0.2) is 0 Å². The Hall–Kier alpha value is -1.84. The Bertz CT molecular complexity index is 560. The molecule has 0 aliphatic rings. The molecule has 3 rings (SSSR count). The summed E-state index contributed by atoms with van der Waals surface area (Å²) in [6.45, 7) is 0. The van der Waals surface area contributed by atoms with Crippen molar-refractivity contribution in [2.75, 3.05) is 0 Å². The highest BCUT2D eigenvalue weighted by Gasteiger charge is 1.93. The Kier molecular flexibility index (Phi) is 8.17. The molecule has 1 N–H and O–H groups in total. The molecule has 0 aliphatic heterocycles. The molecule has 1 nitrogen and oxygen atoms in total. The van der Waals surface area contributed by atoms with Crippen molar-refractivity contribution >= 4 is 25.3 Å². The minimum absolute atomic E-state index is 0. The first kappa shape index (κ1) is 17.2. The van der Waals surface area contributed by atoms with E-state index in [1.165, 1.54) is 9.79 Å². The Morgan fingerprint density at radius 3 is 1.14 bits per heavy atom. The fraction of sp³-hybridized carbons (Fsp3) is 0. The van der Waals surface area contributed by atoms with Crippen LogP contribution in [0.1, 0.15) is 0 Å². The smallest absolute Gasteiger partial charge is 0.115 e. The summed E-state index contributed by atoms with van der Waals surface area (Å²) in [5.41, 5.74) is 0. The number of benzene rings is 3. The first-order valence-electron chi connectivity index (χ1n) is 6.36. The molecule has 0 amide bonds. The molecule has 0 radical (unpaired) electrons. The fourth-order valence-corrected chi connectivity index (χ4v) is 2.40. The van der Waals surface area contributed by atoms with E-state index in [2.05, 4.69) is 48.5 Å². The first-order chi connectivity index (χ1) is 9.84. The largest absolute Gasteiger partial charge is 0.508 e. The number of phenols is 1. The summed E-state index contributed by atoms with van der Waals surface area (Å²) in [7, 11) is 0.